The highest BCUT2D eigenvalue weighted by Gasteiger charge is 2.32. The zero-order valence-electron chi connectivity index (χ0n) is 7.18. The number of halogens is 4. The number of hydrogen-bond acceptors (Lipinski definition) is 3. The lowest BCUT2D eigenvalue weighted by molar-refractivity contribution is -0.276. The Morgan fingerprint density at radius 2 is 2.13 bits per heavy atom. The molecule has 1 heterocycles. The van der Waals surface area contributed by atoms with Crippen LogP contribution < -0.4 is 4.74 Å². The highest BCUT2D eigenvalue weighted by atomic mass is 35.5. The van der Waals surface area contributed by atoms with Crippen LogP contribution in [-0.4, -0.2) is 11.3 Å². The van der Waals surface area contributed by atoms with E-state index in [2.05, 4.69) is 9.72 Å². The van der Waals surface area contributed by atoms with Crippen molar-refractivity contribution in [3.05, 3.63) is 22.8 Å². The second kappa shape index (κ2) is 4.36. The van der Waals surface area contributed by atoms with Crippen molar-refractivity contribution < 1.29 is 17.9 Å². The Morgan fingerprint density at radius 3 is 2.67 bits per heavy atom. The Morgan fingerprint density at radius 1 is 1.47 bits per heavy atom. The van der Waals surface area contributed by atoms with Crippen molar-refractivity contribution in [3.63, 3.8) is 0 Å². The van der Waals surface area contributed by atoms with E-state index in [0.717, 1.165) is 6.07 Å². The van der Waals surface area contributed by atoms with Crippen molar-refractivity contribution in [3.8, 4) is 11.9 Å². The summed E-state index contributed by atoms with van der Waals surface area (Å²) >= 11 is 5.52. The van der Waals surface area contributed by atoms with E-state index < -0.39 is 12.2 Å². The van der Waals surface area contributed by atoms with Crippen LogP contribution in [0.3, 0.4) is 0 Å². The Labute approximate surface area is 88.1 Å². The lowest BCUT2D eigenvalue weighted by Gasteiger charge is -2.08. The molecule has 0 unspecified atom stereocenters. The van der Waals surface area contributed by atoms with Gasteiger partial charge in [-0.1, -0.05) is 11.6 Å². The van der Waals surface area contributed by atoms with E-state index >= 15 is 0 Å². The van der Waals surface area contributed by atoms with Crippen molar-refractivity contribution in [1.82, 2.24) is 4.98 Å². The van der Waals surface area contributed by atoms with Gasteiger partial charge in [-0.3, -0.25) is 0 Å². The second-order valence-corrected chi connectivity index (χ2v) is 2.93. The normalized spacial score (nSPS) is 10.9. The van der Waals surface area contributed by atoms with E-state index in [-0.39, 0.29) is 17.1 Å². The molecule has 3 nitrogen and oxygen atoms in total. The van der Waals surface area contributed by atoms with Crippen molar-refractivity contribution in [2.45, 2.75) is 12.8 Å². The molecule has 1 rings (SSSR count). The van der Waals surface area contributed by atoms with Crippen LogP contribution in [-0.2, 0) is 6.42 Å². The molecule has 1 aromatic rings. The molecule has 0 amide bonds. The van der Waals surface area contributed by atoms with Gasteiger partial charge >= 0.3 is 6.36 Å². The van der Waals surface area contributed by atoms with Gasteiger partial charge in [-0.2, -0.15) is 5.26 Å². The van der Waals surface area contributed by atoms with Crippen LogP contribution >= 0.6 is 11.6 Å². The van der Waals surface area contributed by atoms with Crippen LogP contribution in [0.15, 0.2) is 12.1 Å². The van der Waals surface area contributed by atoms with Gasteiger partial charge in [0.05, 0.1) is 18.2 Å². The Kier molecular flexibility index (Phi) is 3.37. The molecule has 7 heteroatoms. The number of aromatic nitrogens is 1. The molecule has 0 aliphatic rings. The summed E-state index contributed by atoms with van der Waals surface area (Å²) in [6.07, 6.45) is -4.95. The fraction of sp³-hybridized carbons (Fsp3) is 0.250. The zero-order valence-corrected chi connectivity index (χ0v) is 7.93. The minimum atomic E-state index is -4.82. The number of rotatable bonds is 2. The third-order valence-corrected chi connectivity index (χ3v) is 1.52. The van der Waals surface area contributed by atoms with Gasteiger partial charge in [-0.15, -0.1) is 13.2 Å². The van der Waals surface area contributed by atoms with Crippen molar-refractivity contribution in [1.29, 1.82) is 5.26 Å². The summed E-state index contributed by atoms with van der Waals surface area (Å²) in [4.78, 5) is 3.46. The largest absolute Gasteiger partial charge is 0.574 e. The van der Waals surface area contributed by atoms with Crippen LogP contribution in [0.4, 0.5) is 13.2 Å². The first kappa shape index (κ1) is 11.6. The maximum Gasteiger partial charge on any atom is 0.574 e. The molecular weight excluding hydrogens is 233 g/mol. The van der Waals surface area contributed by atoms with E-state index in [9.17, 15) is 13.2 Å². The number of nitrogens with zero attached hydrogens (tertiary/aromatic N) is 2. The molecule has 80 valence electrons. The van der Waals surface area contributed by atoms with Gasteiger partial charge in [0.2, 0.25) is 5.88 Å². The molecule has 0 spiro atoms. The molecule has 0 aromatic carbocycles. The Hall–Kier alpha value is -1.48. The Balaban J connectivity index is 2.95. The fourth-order valence-electron chi connectivity index (χ4n) is 0.867. The first-order chi connectivity index (χ1) is 6.90. The van der Waals surface area contributed by atoms with Crippen molar-refractivity contribution >= 4 is 11.6 Å². The monoisotopic (exact) mass is 236 g/mol. The average molecular weight is 237 g/mol. The molecule has 0 aliphatic carbocycles. The molecule has 0 N–H and O–H groups in total. The molecule has 0 saturated carbocycles. The van der Waals surface area contributed by atoms with Crippen LogP contribution in [0.2, 0.25) is 5.02 Å². The average Bonchev–Trinajstić information content (AvgIpc) is 1.99. The molecule has 0 fully saturated rings. The first-order valence-corrected chi connectivity index (χ1v) is 4.07. The van der Waals surface area contributed by atoms with E-state index in [1.165, 1.54) is 6.07 Å². The molecule has 0 saturated heterocycles. The quantitative estimate of drug-likeness (QED) is 0.793. The number of hydrogen-bond donors (Lipinski definition) is 0. The van der Waals surface area contributed by atoms with Gasteiger partial charge in [0.15, 0.2) is 0 Å². The van der Waals surface area contributed by atoms with Crippen LogP contribution in [0, 0.1) is 11.3 Å². The standard InChI is InChI=1S/C8H4ClF3N2O/c9-5-3-6(1-2-13)14-7(4-5)15-8(10,11)12/h3-4H,1H2. The van der Waals surface area contributed by atoms with E-state index in [4.69, 9.17) is 16.9 Å². The van der Waals surface area contributed by atoms with Gasteiger partial charge in [0.25, 0.3) is 0 Å². The maximum atomic E-state index is 11.8. The smallest absolute Gasteiger partial charge is 0.388 e. The number of pyridine rings is 1. The highest BCUT2D eigenvalue weighted by molar-refractivity contribution is 6.30. The maximum absolute atomic E-state index is 11.8. The lowest BCUT2D eigenvalue weighted by atomic mass is 10.3. The first-order valence-electron chi connectivity index (χ1n) is 3.70. The molecule has 0 radical (unpaired) electrons. The molecule has 15 heavy (non-hydrogen) atoms. The minimum Gasteiger partial charge on any atom is -0.388 e. The van der Waals surface area contributed by atoms with E-state index in [1.807, 2.05) is 0 Å². The van der Waals surface area contributed by atoms with Gasteiger partial charge in [0.1, 0.15) is 0 Å². The topological polar surface area (TPSA) is 45.9 Å². The summed E-state index contributed by atoms with van der Waals surface area (Å²) in [5.74, 6) is -0.666. The Bertz CT molecular complexity index is 400. The van der Waals surface area contributed by atoms with E-state index in [1.54, 1.807) is 6.07 Å². The second-order valence-electron chi connectivity index (χ2n) is 2.50. The van der Waals surface area contributed by atoms with Gasteiger partial charge in [0, 0.05) is 11.1 Å². The highest BCUT2D eigenvalue weighted by Crippen LogP contribution is 2.24. The number of alkyl halides is 3. The minimum absolute atomic E-state index is 0.0366. The molecule has 1 aromatic heterocycles. The van der Waals surface area contributed by atoms with Crippen molar-refractivity contribution in [2.75, 3.05) is 0 Å². The summed E-state index contributed by atoms with van der Waals surface area (Å²) in [6, 6.07) is 3.97. The zero-order chi connectivity index (χ0) is 11.5. The van der Waals surface area contributed by atoms with Crippen LogP contribution in [0.5, 0.6) is 5.88 Å². The summed E-state index contributed by atoms with van der Waals surface area (Å²) in [6.45, 7) is 0. The SMILES string of the molecule is N#CCc1cc(Cl)cc(OC(F)(F)F)n1. The van der Waals surface area contributed by atoms with Crippen LogP contribution in [0.25, 0.3) is 0 Å². The molecular formula is C8H4ClF3N2O. The van der Waals surface area contributed by atoms with Gasteiger partial charge in [-0.05, 0) is 6.07 Å². The summed E-state index contributed by atoms with van der Waals surface area (Å²) < 4.78 is 39.0. The third-order valence-electron chi connectivity index (χ3n) is 1.30. The summed E-state index contributed by atoms with van der Waals surface area (Å²) in [5.41, 5.74) is 0.129. The number of ether oxygens (including phenoxy) is 1. The molecule has 0 atom stereocenters. The third kappa shape index (κ3) is 4.04. The predicted molar refractivity (Wildman–Crippen MR) is 45.2 cm³/mol. The van der Waals surface area contributed by atoms with Crippen LogP contribution in [0.1, 0.15) is 5.69 Å². The molecule has 0 bridgehead atoms. The lowest BCUT2D eigenvalue weighted by Crippen LogP contribution is -2.18. The predicted octanol–water partition coefficient (Wildman–Crippen LogP) is 2.70. The molecule has 0 aliphatic heterocycles. The number of nitriles is 1. The fourth-order valence-corrected chi connectivity index (χ4v) is 1.09. The van der Waals surface area contributed by atoms with Gasteiger partial charge < -0.3 is 4.74 Å². The summed E-state index contributed by atoms with van der Waals surface area (Å²) in [7, 11) is 0. The summed E-state index contributed by atoms with van der Waals surface area (Å²) in [5, 5.41) is 8.37. The van der Waals surface area contributed by atoms with Crippen molar-refractivity contribution in [2.24, 2.45) is 0 Å². The van der Waals surface area contributed by atoms with E-state index in [0.29, 0.717) is 0 Å². The van der Waals surface area contributed by atoms with Gasteiger partial charge in [-0.25, -0.2) is 4.98 Å².